The number of alkyl halides is 3. The number of carbonyl (C=O) groups is 1. The number of ether oxygens (including phenoxy) is 1. The van der Waals surface area contributed by atoms with E-state index in [1.54, 1.807) is 0 Å². The molecule has 0 spiro atoms. The number of anilines is 1. The van der Waals surface area contributed by atoms with Gasteiger partial charge in [-0.2, -0.15) is 13.2 Å². The van der Waals surface area contributed by atoms with Gasteiger partial charge in [0.25, 0.3) is 0 Å². The molecule has 1 unspecified atom stereocenters. The number of carbonyl (C=O) groups excluding carboxylic acids is 1. The maximum Gasteiger partial charge on any atom is 0.468 e. The first-order valence-corrected chi connectivity index (χ1v) is 11.7. The standard InChI is InChI=1S/C25H29F3N4O4/c1-16-4-3-5-17(2)23(16)30-22(34)14-32-10-8-31(9-11-32)13-18(33)15-35-19-6-7-21-20(12-19)29-24(36-21)25(26,27)28/h3-7,12,18,33H,8-11,13-15H2,1-2H3,(H,30,34). The second-order valence-corrected chi connectivity index (χ2v) is 9.00. The number of oxazole rings is 1. The minimum absolute atomic E-state index is 0.0100. The van der Waals surface area contributed by atoms with Crippen molar-refractivity contribution in [2.75, 3.05) is 51.2 Å². The van der Waals surface area contributed by atoms with E-state index in [2.05, 4.69) is 20.1 Å². The van der Waals surface area contributed by atoms with Gasteiger partial charge >= 0.3 is 12.1 Å². The van der Waals surface area contributed by atoms with Crippen molar-refractivity contribution in [2.45, 2.75) is 26.1 Å². The van der Waals surface area contributed by atoms with Gasteiger partial charge in [-0.15, -0.1) is 0 Å². The van der Waals surface area contributed by atoms with E-state index in [9.17, 15) is 23.1 Å². The summed E-state index contributed by atoms with van der Waals surface area (Å²) in [6, 6.07) is 10.1. The van der Waals surface area contributed by atoms with Crippen LogP contribution in [0.1, 0.15) is 17.0 Å². The van der Waals surface area contributed by atoms with Crippen LogP contribution in [0.25, 0.3) is 11.1 Å². The summed E-state index contributed by atoms with van der Waals surface area (Å²) in [5, 5.41) is 13.4. The molecule has 1 saturated heterocycles. The molecule has 11 heteroatoms. The van der Waals surface area contributed by atoms with Crippen molar-refractivity contribution in [3.63, 3.8) is 0 Å². The average molecular weight is 507 g/mol. The molecule has 1 aromatic heterocycles. The van der Waals surface area contributed by atoms with E-state index in [1.807, 2.05) is 32.0 Å². The minimum Gasteiger partial charge on any atom is -0.491 e. The topological polar surface area (TPSA) is 91.1 Å². The summed E-state index contributed by atoms with van der Waals surface area (Å²) < 4.78 is 48.5. The van der Waals surface area contributed by atoms with E-state index < -0.39 is 18.2 Å². The predicted octanol–water partition coefficient (Wildman–Crippen LogP) is 3.46. The van der Waals surface area contributed by atoms with Crippen LogP contribution in [0, 0.1) is 13.8 Å². The Hall–Kier alpha value is -3.15. The Morgan fingerprint density at radius 3 is 2.47 bits per heavy atom. The van der Waals surface area contributed by atoms with Gasteiger partial charge in [-0.25, -0.2) is 4.98 Å². The summed E-state index contributed by atoms with van der Waals surface area (Å²) >= 11 is 0. The molecule has 1 atom stereocenters. The highest BCUT2D eigenvalue weighted by Crippen LogP contribution is 2.32. The van der Waals surface area contributed by atoms with Crippen LogP contribution in [0.15, 0.2) is 40.8 Å². The van der Waals surface area contributed by atoms with E-state index in [0.717, 1.165) is 16.8 Å². The molecule has 0 saturated carbocycles. The number of amides is 1. The molecule has 0 radical (unpaired) electrons. The number of fused-ring (bicyclic) bond motifs is 1. The number of halogens is 3. The van der Waals surface area contributed by atoms with Gasteiger partial charge in [0.2, 0.25) is 5.91 Å². The predicted molar refractivity (Wildman–Crippen MR) is 128 cm³/mol. The van der Waals surface area contributed by atoms with Gasteiger partial charge in [0.05, 0.1) is 6.54 Å². The van der Waals surface area contributed by atoms with E-state index in [4.69, 9.17) is 9.15 Å². The number of aliphatic hydroxyl groups excluding tert-OH is 1. The molecular weight excluding hydrogens is 477 g/mol. The summed E-state index contributed by atoms with van der Waals surface area (Å²) in [7, 11) is 0. The summed E-state index contributed by atoms with van der Waals surface area (Å²) in [4.78, 5) is 20.1. The van der Waals surface area contributed by atoms with E-state index >= 15 is 0 Å². The number of aromatic nitrogens is 1. The second kappa shape index (κ2) is 10.9. The van der Waals surface area contributed by atoms with Crippen LogP contribution in [0.5, 0.6) is 5.75 Å². The molecular formula is C25H29F3N4O4. The quantitative estimate of drug-likeness (QED) is 0.484. The summed E-state index contributed by atoms with van der Waals surface area (Å²) in [5.74, 6) is -1.07. The van der Waals surface area contributed by atoms with Gasteiger partial charge in [0.1, 0.15) is 24.0 Å². The molecule has 2 aromatic carbocycles. The van der Waals surface area contributed by atoms with Crippen molar-refractivity contribution >= 4 is 22.7 Å². The minimum atomic E-state index is -4.66. The number of rotatable bonds is 8. The zero-order valence-electron chi connectivity index (χ0n) is 20.1. The van der Waals surface area contributed by atoms with Crippen molar-refractivity contribution in [3.8, 4) is 5.75 Å². The molecule has 36 heavy (non-hydrogen) atoms. The number of aliphatic hydroxyl groups is 1. The highest BCUT2D eigenvalue weighted by atomic mass is 19.4. The van der Waals surface area contributed by atoms with Gasteiger partial charge in [-0.1, -0.05) is 18.2 Å². The van der Waals surface area contributed by atoms with Gasteiger partial charge in [-0.3, -0.25) is 14.6 Å². The number of β-amino-alcohol motifs (C(OH)–C–C–N with tert-alkyl or cyclic N) is 1. The van der Waals surface area contributed by atoms with Crippen LogP contribution in [0.2, 0.25) is 0 Å². The summed E-state index contributed by atoms with van der Waals surface area (Å²) in [6.45, 7) is 7.36. The van der Waals surface area contributed by atoms with E-state index in [0.29, 0.717) is 45.0 Å². The van der Waals surface area contributed by atoms with Crippen LogP contribution in [0.4, 0.5) is 18.9 Å². The summed E-state index contributed by atoms with van der Waals surface area (Å²) in [5.41, 5.74) is 2.95. The SMILES string of the molecule is Cc1cccc(C)c1NC(=O)CN1CCN(CC(O)COc2ccc3oc(C(F)(F)F)nc3c2)CC1. The van der Waals surface area contributed by atoms with Gasteiger partial charge in [0.15, 0.2) is 5.58 Å². The Morgan fingerprint density at radius 2 is 1.81 bits per heavy atom. The number of hydrogen-bond acceptors (Lipinski definition) is 7. The maximum absolute atomic E-state index is 12.8. The fraction of sp³-hybridized carbons (Fsp3) is 0.440. The zero-order valence-corrected chi connectivity index (χ0v) is 20.1. The van der Waals surface area contributed by atoms with Crippen molar-refractivity contribution in [1.82, 2.24) is 14.8 Å². The Kier molecular flexibility index (Phi) is 7.82. The molecule has 1 amide bonds. The van der Waals surface area contributed by atoms with Crippen LogP contribution in [0.3, 0.4) is 0 Å². The molecule has 4 rings (SSSR count). The molecule has 2 N–H and O–H groups in total. The third kappa shape index (κ3) is 6.54. The molecule has 0 aliphatic carbocycles. The smallest absolute Gasteiger partial charge is 0.468 e. The van der Waals surface area contributed by atoms with Crippen LogP contribution >= 0.6 is 0 Å². The Bertz CT molecular complexity index is 1190. The first-order chi connectivity index (χ1) is 17.1. The lowest BCUT2D eigenvalue weighted by Crippen LogP contribution is -2.50. The fourth-order valence-electron chi connectivity index (χ4n) is 4.19. The van der Waals surface area contributed by atoms with Crippen LogP contribution in [-0.2, 0) is 11.0 Å². The summed E-state index contributed by atoms with van der Waals surface area (Å²) in [6.07, 6.45) is -5.45. The number of para-hydroxylation sites is 1. The molecule has 1 aliphatic rings. The van der Waals surface area contributed by atoms with Gasteiger partial charge in [-0.05, 0) is 37.1 Å². The number of nitrogens with zero attached hydrogens (tertiary/aromatic N) is 3. The molecule has 8 nitrogen and oxygen atoms in total. The zero-order chi connectivity index (χ0) is 25.9. The maximum atomic E-state index is 12.8. The number of piperazine rings is 1. The van der Waals surface area contributed by atoms with Crippen molar-refractivity contribution in [1.29, 1.82) is 0 Å². The first kappa shape index (κ1) is 25.9. The Balaban J connectivity index is 1.20. The van der Waals surface area contributed by atoms with E-state index in [-0.39, 0.29) is 23.6 Å². The lowest BCUT2D eigenvalue weighted by Gasteiger charge is -2.35. The lowest BCUT2D eigenvalue weighted by atomic mass is 10.1. The third-order valence-electron chi connectivity index (χ3n) is 6.09. The highest BCUT2D eigenvalue weighted by Gasteiger charge is 2.37. The monoisotopic (exact) mass is 506 g/mol. The van der Waals surface area contributed by atoms with Gasteiger partial charge < -0.3 is 19.6 Å². The number of benzene rings is 2. The van der Waals surface area contributed by atoms with Crippen molar-refractivity contribution in [2.24, 2.45) is 0 Å². The van der Waals surface area contributed by atoms with E-state index in [1.165, 1.54) is 18.2 Å². The third-order valence-corrected chi connectivity index (χ3v) is 6.09. The number of hydrogen-bond donors (Lipinski definition) is 2. The molecule has 194 valence electrons. The lowest BCUT2D eigenvalue weighted by molar-refractivity contribution is -0.156. The molecule has 1 fully saturated rings. The first-order valence-electron chi connectivity index (χ1n) is 11.7. The van der Waals surface area contributed by atoms with Gasteiger partial charge in [0, 0.05) is 44.5 Å². The fourth-order valence-corrected chi connectivity index (χ4v) is 4.19. The molecule has 1 aliphatic heterocycles. The number of nitrogens with one attached hydrogen (secondary N) is 1. The normalized spacial score (nSPS) is 16.3. The molecule has 0 bridgehead atoms. The largest absolute Gasteiger partial charge is 0.491 e. The molecule has 3 aromatic rings. The Morgan fingerprint density at radius 1 is 1.14 bits per heavy atom. The number of aryl methyl sites for hydroxylation is 2. The average Bonchev–Trinajstić information content (AvgIpc) is 3.26. The second-order valence-electron chi connectivity index (χ2n) is 9.00. The van der Waals surface area contributed by atoms with Crippen molar-refractivity contribution in [3.05, 3.63) is 53.4 Å². The van der Waals surface area contributed by atoms with Crippen molar-refractivity contribution < 1.29 is 32.2 Å². The highest BCUT2D eigenvalue weighted by molar-refractivity contribution is 5.93. The Labute approximate surface area is 206 Å². The molecule has 2 heterocycles. The van der Waals surface area contributed by atoms with Crippen LogP contribution in [-0.4, -0.2) is 77.8 Å². The van der Waals surface area contributed by atoms with Crippen LogP contribution < -0.4 is 10.1 Å².